The summed E-state index contributed by atoms with van der Waals surface area (Å²) in [6.07, 6.45) is 1.62. The minimum atomic E-state index is -0.504. The van der Waals surface area contributed by atoms with Gasteiger partial charge in [0.2, 0.25) is 5.91 Å². The summed E-state index contributed by atoms with van der Waals surface area (Å²) in [4.78, 5) is 34.0. The smallest absolute Gasteiger partial charge is 0.340 e. The fourth-order valence-corrected chi connectivity index (χ4v) is 4.58. The van der Waals surface area contributed by atoms with Crippen LogP contribution in [0.15, 0.2) is 50.2 Å². The number of aromatic amines is 1. The number of para-hydroxylation sites is 2. The number of benzene rings is 2. The van der Waals surface area contributed by atoms with Gasteiger partial charge in [-0.2, -0.15) is 0 Å². The molecule has 3 aromatic heterocycles. The molecule has 0 aliphatic carbocycles. The summed E-state index contributed by atoms with van der Waals surface area (Å²) in [7, 11) is 0. The van der Waals surface area contributed by atoms with Gasteiger partial charge in [0.1, 0.15) is 17.0 Å². The van der Waals surface area contributed by atoms with Gasteiger partial charge in [-0.05, 0) is 56.0 Å². The van der Waals surface area contributed by atoms with Gasteiger partial charge in [-0.25, -0.2) is 9.78 Å². The maximum Gasteiger partial charge on any atom is 0.340 e. The topological polar surface area (TPSA) is 101 Å². The molecule has 1 amide bonds. The third-order valence-electron chi connectivity index (χ3n) is 6.56. The van der Waals surface area contributed by atoms with Crippen molar-refractivity contribution in [1.82, 2.24) is 15.3 Å². The lowest BCUT2D eigenvalue weighted by Crippen LogP contribution is -2.34. The molecule has 1 atom stereocenters. The lowest BCUT2D eigenvalue weighted by atomic mass is 9.98. The molecule has 7 nitrogen and oxygen atoms in total. The summed E-state index contributed by atoms with van der Waals surface area (Å²) in [5.41, 5.74) is 5.36. The number of furan rings is 1. The van der Waals surface area contributed by atoms with Crippen LogP contribution in [0.4, 0.5) is 0 Å². The number of hydrogen-bond acceptors (Lipinski definition) is 5. The molecule has 0 aliphatic rings. The molecule has 5 aromatic rings. The molecule has 0 saturated heterocycles. The molecular weight excluding hydrogens is 430 g/mol. The average Bonchev–Trinajstić information content (AvgIpc) is 3.39. The van der Waals surface area contributed by atoms with Crippen molar-refractivity contribution < 1.29 is 13.6 Å². The molecule has 0 radical (unpaired) electrons. The first-order valence-corrected chi connectivity index (χ1v) is 11.4. The van der Waals surface area contributed by atoms with E-state index in [1.807, 2.05) is 65.0 Å². The van der Waals surface area contributed by atoms with Crippen molar-refractivity contribution in [1.29, 1.82) is 0 Å². The fourth-order valence-electron chi connectivity index (χ4n) is 4.58. The Kier molecular flexibility index (Phi) is 5.27. The van der Waals surface area contributed by atoms with Crippen LogP contribution in [0.3, 0.4) is 0 Å². The summed E-state index contributed by atoms with van der Waals surface area (Å²) < 4.78 is 11.3. The Morgan fingerprint density at radius 1 is 1.09 bits per heavy atom. The van der Waals surface area contributed by atoms with E-state index in [0.717, 1.165) is 38.5 Å². The van der Waals surface area contributed by atoms with E-state index in [1.165, 1.54) is 0 Å². The zero-order valence-electron chi connectivity index (χ0n) is 19.9. The zero-order valence-corrected chi connectivity index (χ0v) is 19.9. The molecular formula is C27H27N3O4. The lowest BCUT2D eigenvalue weighted by molar-refractivity contribution is -0.121. The maximum absolute atomic E-state index is 13.1. The van der Waals surface area contributed by atoms with Crippen LogP contribution in [0, 0.1) is 26.7 Å². The number of nitrogens with zero attached hydrogens (tertiary/aromatic N) is 1. The summed E-state index contributed by atoms with van der Waals surface area (Å²) in [5, 5.41) is 4.85. The first-order chi connectivity index (χ1) is 16.2. The number of carbonyl (C=O) groups is 1. The molecule has 0 unspecified atom stereocenters. The number of aryl methyl sites for hydroxylation is 3. The number of aromatic nitrogens is 2. The van der Waals surface area contributed by atoms with E-state index < -0.39 is 5.63 Å². The first-order valence-electron chi connectivity index (χ1n) is 11.4. The Labute approximate surface area is 196 Å². The summed E-state index contributed by atoms with van der Waals surface area (Å²) in [5.74, 6) is 0.532. The van der Waals surface area contributed by atoms with Gasteiger partial charge in [0, 0.05) is 16.3 Å². The van der Waals surface area contributed by atoms with Gasteiger partial charge in [0.25, 0.3) is 0 Å². The van der Waals surface area contributed by atoms with Crippen LogP contribution >= 0.6 is 0 Å². The Morgan fingerprint density at radius 3 is 2.59 bits per heavy atom. The Balaban J connectivity index is 1.49. The Bertz CT molecular complexity index is 1590. The van der Waals surface area contributed by atoms with Crippen molar-refractivity contribution in [3.05, 3.63) is 75.1 Å². The van der Waals surface area contributed by atoms with Gasteiger partial charge in [-0.3, -0.25) is 4.79 Å². The molecule has 2 aromatic carbocycles. The zero-order chi connectivity index (χ0) is 24.1. The number of carbonyl (C=O) groups excluding carboxylic acids is 1. The molecule has 174 valence electrons. The number of fused-ring (bicyclic) bond motifs is 3. The summed E-state index contributed by atoms with van der Waals surface area (Å²) >= 11 is 0. The van der Waals surface area contributed by atoms with E-state index in [4.69, 9.17) is 8.83 Å². The van der Waals surface area contributed by atoms with Crippen molar-refractivity contribution in [2.45, 2.75) is 47.1 Å². The molecule has 5 rings (SSSR count). The van der Waals surface area contributed by atoms with E-state index >= 15 is 0 Å². The van der Waals surface area contributed by atoms with Crippen LogP contribution in [-0.4, -0.2) is 15.9 Å². The van der Waals surface area contributed by atoms with E-state index in [-0.39, 0.29) is 24.3 Å². The van der Waals surface area contributed by atoms with E-state index in [9.17, 15) is 9.59 Å². The highest BCUT2D eigenvalue weighted by Crippen LogP contribution is 2.32. The molecule has 0 saturated carbocycles. The summed E-state index contributed by atoms with van der Waals surface area (Å²) in [6.45, 7) is 9.76. The maximum atomic E-state index is 13.1. The highest BCUT2D eigenvalue weighted by Gasteiger charge is 2.24. The van der Waals surface area contributed by atoms with Crippen LogP contribution in [0.2, 0.25) is 0 Å². The number of H-pyrrole nitrogens is 1. The second kappa shape index (κ2) is 8.17. The Morgan fingerprint density at radius 2 is 1.85 bits per heavy atom. The minimum Gasteiger partial charge on any atom is -0.464 e. The van der Waals surface area contributed by atoms with Gasteiger partial charge in [-0.1, -0.05) is 26.0 Å². The van der Waals surface area contributed by atoms with Gasteiger partial charge in [0.05, 0.1) is 35.3 Å². The molecule has 0 spiro atoms. The largest absolute Gasteiger partial charge is 0.464 e. The molecule has 0 bridgehead atoms. The molecule has 7 heteroatoms. The molecule has 0 fully saturated rings. The van der Waals surface area contributed by atoms with Crippen molar-refractivity contribution in [2.24, 2.45) is 5.92 Å². The summed E-state index contributed by atoms with van der Waals surface area (Å²) in [6, 6.07) is 9.41. The lowest BCUT2D eigenvalue weighted by Gasteiger charge is -2.20. The first kappa shape index (κ1) is 21.9. The minimum absolute atomic E-state index is 0.0744. The third kappa shape index (κ3) is 3.57. The number of amides is 1. The second-order valence-electron chi connectivity index (χ2n) is 9.27. The standard InChI is InChI=1S/C27H27N3O4/c1-13(2)23(26-28-20-8-6-7-9-21(20)29-26)30-22(31)11-19-15(4)18-10-17-14(3)12-33-24(17)16(5)25(18)34-27(19)32/h6-10,12-13,23H,11H2,1-5H3,(H,28,29)(H,30,31)/t23-/m0/s1. The van der Waals surface area contributed by atoms with Crippen molar-refractivity contribution in [3.63, 3.8) is 0 Å². The molecule has 34 heavy (non-hydrogen) atoms. The highest BCUT2D eigenvalue weighted by atomic mass is 16.4. The van der Waals surface area contributed by atoms with Crippen molar-refractivity contribution in [3.8, 4) is 0 Å². The van der Waals surface area contributed by atoms with Crippen LogP contribution in [0.1, 0.15) is 48.0 Å². The Hall–Kier alpha value is -3.87. The number of hydrogen-bond donors (Lipinski definition) is 2. The molecule has 2 N–H and O–H groups in total. The van der Waals surface area contributed by atoms with Gasteiger partial charge >= 0.3 is 5.63 Å². The predicted molar refractivity (Wildman–Crippen MR) is 132 cm³/mol. The van der Waals surface area contributed by atoms with E-state index in [0.29, 0.717) is 22.6 Å². The normalized spacial score (nSPS) is 12.8. The van der Waals surface area contributed by atoms with Gasteiger partial charge < -0.3 is 19.1 Å². The van der Waals surface area contributed by atoms with Gasteiger partial charge in [-0.15, -0.1) is 0 Å². The van der Waals surface area contributed by atoms with Crippen LogP contribution in [0.5, 0.6) is 0 Å². The van der Waals surface area contributed by atoms with Crippen LogP contribution < -0.4 is 10.9 Å². The molecule has 3 heterocycles. The quantitative estimate of drug-likeness (QED) is 0.344. The van der Waals surface area contributed by atoms with Crippen LogP contribution in [0.25, 0.3) is 33.0 Å². The van der Waals surface area contributed by atoms with Gasteiger partial charge in [0.15, 0.2) is 0 Å². The second-order valence-corrected chi connectivity index (χ2v) is 9.27. The third-order valence-corrected chi connectivity index (χ3v) is 6.56. The highest BCUT2D eigenvalue weighted by molar-refractivity contribution is 6.00. The van der Waals surface area contributed by atoms with E-state index in [1.54, 1.807) is 6.26 Å². The monoisotopic (exact) mass is 457 g/mol. The average molecular weight is 458 g/mol. The number of nitrogens with one attached hydrogen (secondary N) is 2. The number of imidazole rings is 1. The SMILES string of the molecule is Cc1coc2c(C)c3oc(=O)c(CC(=O)N[C@H](c4nc5ccccc5[nH]4)C(C)C)c(C)c3cc12. The van der Waals surface area contributed by atoms with Crippen molar-refractivity contribution >= 4 is 38.9 Å². The fraction of sp³-hybridized carbons (Fsp3) is 0.296. The van der Waals surface area contributed by atoms with E-state index in [2.05, 4.69) is 15.3 Å². The molecule has 0 aliphatic heterocycles. The van der Waals surface area contributed by atoms with Crippen LogP contribution in [-0.2, 0) is 11.2 Å². The number of rotatable bonds is 5. The van der Waals surface area contributed by atoms with Crippen molar-refractivity contribution in [2.75, 3.05) is 0 Å². The predicted octanol–water partition coefficient (Wildman–Crippen LogP) is 5.40.